The van der Waals surface area contributed by atoms with Crippen LogP contribution < -0.4 is 16.0 Å². The molecule has 0 bridgehead atoms. The van der Waals surface area contributed by atoms with E-state index in [4.69, 9.17) is 5.73 Å². The zero-order chi connectivity index (χ0) is 18.8. The van der Waals surface area contributed by atoms with E-state index < -0.39 is 18.2 Å². The summed E-state index contributed by atoms with van der Waals surface area (Å²) >= 11 is 0. The highest BCUT2D eigenvalue weighted by molar-refractivity contribution is 6.02. The molecule has 0 spiro atoms. The van der Waals surface area contributed by atoms with Crippen LogP contribution in [-0.4, -0.2) is 23.1 Å². The molecular formula is C20H23N3O3. The Bertz CT molecular complexity index is 820. The first-order valence-electron chi connectivity index (χ1n) is 8.63. The van der Waals surface area contributed by atoms with E-state index in [0.29, 0.717) is 6.42 Å². The van der Waals surface area contributed by atoms with Crippen LogP contribution in [0.2, 0.25) is 0 Å². The lowest BCUT2D eigenvalue weighted by Gasteiger charge is -2.38. The second-order valence-corrected chi connectivity index (χ2v) is 6.62. The van der Waals surface area contributed by atoms with Crippen molar-refractivity contribution >= 4 is 17.6 Å². The molecule has 1 heterocycles. The Morgan fingerprint density at radius 1 is 1.19 bits per heavy atom. The Morgan fingerprint density at radius 3 is 2.50 bits per heavy atom. The van der Waals surface area contributed by atoms with Crippen molar-refractivity contribution in [2.75, 3.05) is 4.90 Å². The topological polar surface area (TPSA) is 95.7 Å². The molecule has 26 heavy (non-hydrogen) atoms. The quantitative estimate of drug-likeness (QED) is 0.788. The molecule has 1 aliphatic heterocycles. The number of anilines is 1. The first kappa shape index (κ1) is 17.9. The number of rotatable bonds is 4. The number of nitrogens with one attached hydrogen (secondary N) is 1. The van der Waals surface area contributed by atoms with Crippen LogP contribution in [0.1, 0.15) is 42.7 Å². The van der Waals surface area contributed by atoms with Crippen LogP contribution in [0.15, 0.2) is 48.5 Å². The van der Waals surface area contributed by atoms with Gasteiger partial charge in [-0.3, -0.25) is 4.79 Å². The van der Waals surface area contributed by atoms with Gasteiger partial charge < -0.3 is 21.1 Å². The average molecular weight is 353 g/mol. The number of primary amides is 1. The standard InChI is InChI=1S/C20H23N3O3/c1-12(14-6-4-3-5-7-14)23-18-11-15(13(2)24)8-9-16(18)10-17(19(23)25)22-20(21)26/h3-9,11-13,17,24H,10H2,1-2H3,(H3,21,22,26)/t12-,13?,17+/m0/s1. The summed E-state index contributed by atoms with van der Waals surface area (Å²) in [5, 5.41) is 12.5. The van der Waals surface area contributed by atoms with E-state index in [1.54, 1.807) is 11.8 Å². The number of nitrogens with zero attached hydrogens (tertiary/aromatic N) is 1. The number of hydrogen-bond donors (Lipinski definition) is 3. The molecule has 136 valence electrons. The van der Waals surface area contributed by atoms with Crippen LogP contribution in [-0.2, 0) is 11.2 Å². The molecule has 0 radical (unpaired) electrons. The van der Waals surface area contributed by atoms with Crippen molar-refractivity contribution in [1.82, 2.24) is 5.32 Å². The Hall–Kier alpha value is -2.86. The maximum atomic E-state index is 13.1. The molecule has 0 fully saturated rings. The molecule has 6 heteroatoms. The van der Waals surface area contributed by atoms with E-state index in [1.807, 2.05) is 55.5 Å². The van der Waals surface area contributed by atoms with Gasteiger partial charge in [-0.15, -0.1) is 0 Å². The zero-order valence-corrected chi connectivity index (χ0v) is 14.8. The molecule has 3 amide bonds. The SMILES string of the molecule is CC(O)c1ccc2c(c1)N([C@@H](C)c1ccccc1)C(=O)[C@H](NC(N)=O)C2. The minimum Gasteiger partial charge on any atom is -0.389 e. The maximum Gasteiger partial charge on any atom is 0.312 e. The Kier molecular flexibility index (Phi) is 4.95. The summed E-state index contributed by atoms with van der Waals surface area (Å²) in [7, 11) is 0. The van der Waals surface area contributed by atoms with Crippen molar-refractivity contribution in [3.63, 3.8) is 0 Å². The number of aliphatic hydroxyl groups excluding tert-OH is 1. The molecule has 6 nitrogen and oxygen atoms in total. The molecule has 1 aliphatic rings. The molecule has 0 aromatic heterocycles. The average Bonchev–Trinajstić information content (AvgIpc) is 2.62. The number of fused-ring (bicyclic) bond motifs is 1. The van der Waals surface area contributed by atoms with Crippen molar-refractivity contribution in [1.29, 1.82) is 0 Å². The summed E-state index contributed by atoms with van der Waals surface area (Å²) in [6, 6.07) is 13.6. The molecular weight excluding hydrogens is 330 g/mol. The molecule has 4 N–H and O–H groups in total. The Labute approximate surface area is 152 Å². The van der Waals surface area contributed by atoms with Gasteiger partial charge in [0.15, 0.2) is 0 Å². The van der Waals surface area contributed by atoms with Gasteiger partial charge in [0.1, 0.15) is 6.04 Å². The molecule has 0 saturated heterocycles. The molecule has 1 unspecified atom stereocenters. The lowest BCUT2D eigenvalue weighted by Crippen LogP contribution is -2.54. The van der Waals surface area contributed by atoms with Crippen LogP contribution in [0.5, 0.6) is 0 Å². The summed E-state index contributed by atoms with van der Waals surface area (Å²) in [6.45, 7) is 3.63. The molecule has 0 aliphatic carbocycles. The summed E-state index contributed by atoms with van der Waals surface area (Å²) in [5.74, 6) is -0.213. The van der Waals surface area contributed by atoms with E-state index in [9.17, 15) is 14.7 Å². The van der Waals surface area contributed by atoms with Gasteiger partial charge in [0.2, 0.25) is 0 Å². The van der Waals surface area contributed by atoms with Crippen molar-refractivity contribution in [2.45, 2.75) is 38.5 Å². The van der Waals surface area contributed by atoms with Gasteiger partial charge in [-0.1, -0.05) is 42.5 Å². The van der Waals surface area contributed by atoms with Crippen LogP contribution >= 0.6 is 0 Å². The largest absolute Gasteiger partial charge is 0.389 e. The minimum atomic E-state index is -0.722. The lowest BCUT2D eigenvalue weighted by molar-refractivity contribution is -0.121. The number of carbonyl (C=O) groups is 2. The van der Waals surface area contributed by atoms with Gasteiger partial charge in [0.25, 0.3) is 5.91 Å². The monoisotopic (exact) mass is 353 g/mol. The maximum absolute atomic E-state index is 13.1. The number of hydrogen-bond acceptors (Lipinski definition) is 3. The second kappa shape index (κ2) is 7.17. The zero-order valence-electron chi connectivity index (χ0n) is 14.8. The lowest BCUT2D eigenvalue weighted by atomic mass is 9.92. The Balaban J connectivity index is 2.08. The predicted molar refractivity (Wildman–Crippen MR) is 99.6 cm³/mol. The van der Waals surface area contributed by atoms with Crippen molar-refractivity contribution in [3.05, 3.63) is 65.2 Å². The fourth-order valence-electron chi connectivity index (χ4n) is 3.40. The van der Waals surface area contributed by atoms with Gasteiger partial charge in [0, 0.05) is 12.1 Å². The summed E-state index contributed by atoms with van der Waals surface area (Å²) < 4.78 is 0. The number of benzene rings is 2. The van der Waals surface area contributed by atoms with Gasteiger partial charge in [0.05, 0.1) is 12.1 Å². The third kappa shape index (κ3) is 3.41. The highest BCUT2D eigenvalue weighted by Crippen LogP contribution is 2.36. The molecule has 2 aromatic carbocycles. The van der Waals surface area contributed by atoms with Gasteiger partial charge in [-0.05, 0) is 36.6 Å². The number of urea groups is 1. The molecule has 3 rings (SSSR count). The number of amides is 3. The fraction of sp³-hybridized carbons (Fsp3) is 0.300. The van der Waals surface area contributed by atoms with Crippen LogP contribution in [0.25, 0.3) is 0 Å². The number of aliphatic hydroxyl groups is 1. The van der Waals surface area contributed by atoms with E-state index >= 15 is 0 Å². The van der Waals surface area contributed by atoms with E-state index in [-0.39, 0.29) is 11.9 Å². The third-order valence-electron chi connectivity index (χ3n) is 4.80. The number of carbonyl (C=O) groups excluding carboxylic acids is 2. The van der Waals surface area contributed by atoms with Crippen LogP contribution in [0, 0.1) is 0 Å². The van der Waals surface area contributed by atoms with Crippen LogP contribution in [0.3, 0.4) is 0 Å². The summed E-state index contributed by atoms with van der Waals surface area (Å²) in [4.78, 5) is 26.1. The summed E-state index contributed by atoms with van der Waals surface area (Å²) in [5.41, 5.74) is 8.65. The van der Waals surface area contributed by atoms with E-state index in [1.165, 1.54) is 0 Å². The summed E-state index contributed by atoms with van der Waals surface area (Å²) in [6.07, 6.45) is -0.263. The molecule has 0 saturated carbocycles. The smallest absolute Gasteiger partial charge is 0.312 e. The van der Waals surface area contributed by atoms with Crippen LogP contribution in [0.4, 0.5) is 10.5 Å². The highest BCUT2D eigenvalue weighted by Gasteiger charge is 2.36. The first-order valence-corrected chi connectivity index (χ1v) is 8.63. The van der Waals surface area contributed by atoms with E-state index in [0.717, 1.165) is 22.4 Å². The van der Waals surface area contributed by atoms with Gasteiger partial charge in [-0.25, -0.2) is 4.79 Å². The normalized spacial score (nSPS) is 18.8. The van der Waals surface area contributed by atoms with Gasteiger partial charge in [-0.2, -0.15) is 0 Å². The first-order chi connectivity index (χ1) is 12.4. The Morgan fingerprint density at radius 2 is 1.88 bits per heavy atom. The van der Waals surface area contributed by atoms with Gasteiger partial charge >= 0.3 is 6.03 Å². The minimum absolute atomic E-state index is 0.213. The highest BCUT2D eigenvalue weighted by atomic mass is 16.3. The number of nitrogens with two attached hydrogens (primary N) is 1. The van der Waals surface area contributed by atoms with Crippen molar-refractivity contribution in [3.8, 4) is 0 Å². The van der Waals surface area contributed by atoms with Crippen molar-refractivity contribution in [2.24, 2.45) is 5.73 Å². The fourth-order valence-corrected chi connectivity index (χ4v) is 3.40. The molecule has 2 aromatic rings. The molecule has 3 atom stereocenters. The van der Waals surface area contributed by atoms with Crippen molar-refractivity contribution < 1.29 is 14.7 Å². The second-order valence-electron chi connectivity index (χ2n) is 6.62. The third-order valence-corrected chi connectivity index (χ3v) is 4.80. The predicted octanol–water partition coefficient (Wildman–Crippen LogP) is 2.43. The van der Waals surface area contributed by atoms with E-state index in [2.05, 4.69) is 5.32 Å².